The number of carbonyl (C=O) groups is 1. The summed E-state index contributed by atoms with van der Waals surface area (Å²) in [5, 5.41) is 13.9. The van der Waals surface area contributed by atoms with Crippen LogP contribution in [0.5, 0.6) is 0 Å². The fourth-order valence-corrected chi connectivity index (χ4v) is 2.14. The van der Waals surface area contributed by atoms with Crippen molar-refractivity contribution in [3.8, 4) is 0 Å². The van der Waals surface area contributed by atoms with Gasteiger partial charge in [0, 0.05) is 12.1 Å². The zero-order valence-electron chi connectivity index (χ0n) is 16.0. The maximum Gasteiger partial charge on any atom is 0.333 e. The lowest BCUT2D eigenvalue weighted by molar-refractivity contribution is -0.384. The van der Waals surface area contributed by atoms with Crippen LogP contribution in [0.2, 0.25) is 0 Å². The number of non-ortho nitro benzene ring substituents is 1. The number of ether oxygens (including phenoxy) is 2. The highest BCUT2D eigenvalue weighted by atomic mass is 16.6. The molecule has 1 aromatic rings. The lowest BCUT2D eigenvalue weighted by Gasteiger charge is -2.36. The molecule has 0 aliphatic heterocycles. The van der Waals surface area contributed by atoms with Gasteiger partial charge in [-0.25, -0.2) is 4.79 Å². The second kappa shape index (κ2) is 7.49. The van der Waals surface area contributed by atoms with Gasteiger partial charge in [0.25, 0.3) is 5.69 Å². The minimum absolute atomic E-state index is 0.0275. The average molecular weight is 352 g/mol. The van der Waals surface area contributed by atoms with E-state index in [4.69, 9.17) is 9.47 Å². The van der Waals surface area contributed by atoms with Gasteiger partial charge in [-0.3, -0.25) is 15.4 Å². The molecule has 0 amide bonds. The molecule has 0 saturated carbocycles. The third-order valence-corrected chi connectivity index (χ3v) is 3.47. The van der Waals surface area contributed by atoms with Crippen LogP contribution >= 0.6 is 0 Å². The zero-order valence-corrected chi connectivity index (χ0v) is 16.0. The van der Waals surface area contributed by atoms with Gasteiger partial charge >= 0.3 is 5.97 Å². The van der Waals surface area contributed by atoms with E-state index >= 15 is 0 Å². The van der Waals surface area contributed by atoms with E-state index in [9.17, 15) is 14.9 Å². The van der Waals surface area contributed by atoms with Crippen molar-refractivity contribution in [2.45, 2.75) is 58.3 Å². The third-order valence-electron chi connectivity index (χ3n) is 3.47. The van der Waals surface area contributed by atoms with Crippen LogP contribution in [0.1, 0.15) is 47.1 Å². The van der Waals surface area contributed by atoms with Gasteiger partial charge < -0.3 is 9.47 Å². The SMILES string of the molecule is CN[C@@](COC(C)(C)C)(C(=O)OC(C)(C)C)c1ccc([N+](=O)[O-])cc1. The predicted molar refractivity (Wildman–Crippen MR) is 95.4 cm³/mol. The fourth-order valence-electron chi connectivity index (χ4n) is 2.14. The first kappa shape index (κ1) is 21.1. The average Bonchev–Trinajstić information content (AvgIpc) is 2.46. The van der Waals surface area contributed by atoms with Crippen molar-refractivity contribution in [3.05, 3.63) is 39.9 Å². The summed E-state index contributed by atoms with van der Waals surface area (Å²) in [5.74, 6) is -0.499. The highest BCUT2D eigenvalue weighted by molar-refractivity contribution is 5.83. The number of carbonyl (C=O) groups excluding carboxylic acids is 1. The molecule has 0 unspecified atom stereocenters. The maximum absolute atomic E-state index is 12.9. The summed E-state index contributed by atoms with van der Waals surface area (Å²) in [6.07, 6.45) is 0. The third kappa shape index (κ3) is 5.79. The molecule has 25 heavy (non-hydrogen) atoms. The van der Waals surface area contributed by atoms with E-state index < -0.39 is 27.6 Å². The van der Waals surface area contributed by atoms with E-state index in [0.717, 1.165) is 0 Å². The van der Waals surface area contributed by atoms with Gasteiger partial charge in [0.15, 0.2) is 5.54 Å². The number of likely N-dealkylation sites (N-methyl/N-ethyl adjacent to an activating group) is 1. The minimum atomic E-state index is -1.27. The number of hydrogen-bond acceptors (Lipinski definition) is 6. The largest absolute Gasteiger partial charge is 0.458 e. The van der Waals surface area contributed by atoms with E-state index in [0.29, 0.717) is 5.56 Å². The predicted octanol–water partition coefficient (Wildman–Crippen LogP) is 3.17. The topological polar surface area (TPSA) is 90.7 Å². The van der Waals surface area contributed by atoms with E-state index in [1.165, 1.54) is 12.1 Å². The normalized spacial score (nSPS) is 14.7. The Morgan fingerprint density at radius 2 is 1.60 bits per heavy atom. The number of nitro benzene ring substituents is 1. The Bertz CT molecular complexity index is 614. The van der Waals surface area contributed by atoms with E-state index in [-0.39, 0.29) is 12.3 Å². The molecule has 0 radical (unpaired) electrons. The molecule has 1 atom stereocenters. The number of nitro groups is 1. The van der Waals surface area contributed by atoms with E-state index in [2.05, 4.69) is 5.32 Å². The Balaban J connectivity index is 3.33. The Hall–Kier alpha value is -1.99. The number of rotatable bonds is 6. The number of hydrogen-bond donors (Lipinski definition) is 1. The van der Waals surface area contributed by atoms with Gasteiger partial charge in [0.05, 0.1) is 17.1 Å². The molecule has 0 heterocycles. The highest BCUT2D eigenvalue weighted by Gasteiger charge is 2.43. The first-order chi connectivity index (χ1) is 11.3. The summed E-state index contributed by atoms with van der Waals surface area (Å²) in [5.41, 5.74) is -1.92. The summed E-state index contributed by atoms with van der Waals surface area (Å²) >= 11 is 0. The van der Waals surface area contributed by atoms with Gasteiger partial charge in [0.2, 0.25) is 0 Å². The van der Waals surface area contributed by atoms with Crippen LogP contribution in [0.3, 0.4) is 0 Å². The number of benzene rings is 1. The fraction of sp³-hybridized carbons (Fsp3) is 0.611. The molecule has 0 saturated heterocycles. The van der Waals surface area contributed by atoms with E-state index in [1.54, 1.807) is 40.0 Å². The van der Waals surface area contributed by atoms with Gasteiger partial charge in [-0.05, 0) is 66.3 Å². The second-order valence-electron chi connectivity index (χ2n) is 7.86. The number of esters is 1. The quantitative estimate of drug-likeness (QED) is 0.480. The van der Waals surface area contributed by atoms with Crippen molar-refractivity contribution < 1.29 is 19.2 Å². The molecular formula is C18H28N2O5. The van der Waals surface area contributed by atoms with Crippen molar-refractivity contribution in [1.29, 1.82) is 0 Å². The number of nitrogens with one attached hydrogen (secondary N) is 1. The highest BCUT2D eigenvalue weighted by Crippen LogP contribution is 2.29. The zero-order chi connectivity index (χ0) is 19.5. The molecule has 0 aliphatic carbocycles. The number of nitrogens with zero attached hydrogens (tertiary/aromatic N) is 1. The van der Waals surface area contributed by atoms with Crippen LogP contribution in [-0.2, 0) is 19.8 Å². The van der Waals surface area contributed by atoms with Crippen LogP contribution in [0.4, 0.5) is 5.69 Å². The lowest BCUT2D eigenvalue weighted by Crippen LogP contribution is -2.54. The van der Waals surface area contributed by atoms with Crippen LogP contribution < -0.4 is 5.32 Å². The summed E-state index contributed by atoms with van der Waals surface area (Å²) in [6.45, 7) is 11.0. The molecule has 0 fully saturated rings. The summed E-state index contributed by atoms with van der Waals surface area (Å²) in [4.78, 5) is 23.4. The molecule has 7 heteroatoms. The van der Waals surface area contributed by atoms with Crippen molar-refractivity contribution in [2.24, 2.45) is 0 Å². The summed E-state index contributed by atoms with van der Waals surface area (Å²) in [6, 6.07) is 5.82. The molecule has 1 N–H and O–H groups in total. The van der Waals surface area contributed by atoms with E-state index in [1.807, 2.05) is 20.8 Å². The first-order valence-corrected chi connectivity index (χ1v) is 8.12. The summed E-state index contributed by atoms with van der Waals surface area (Å²) < 4.78 is 11.4. The smallest absolute Gasteiger partial charge is 0.333 e. The molecule has 0 aliphatic rings. The van der Waals surface area contributed by atoms with Crippen molar-refractivity contribution in [3.63, 3.8) is 0 Å². The monoisotopic (exact) mass is 352 g/mol. The second-order valence-corrected chi connectivity index (χ2v) is 7.86. The molecule has 0 bridgehead atoms. The minimum Gasteiger partial charge on any atom is -0.458 e. The Morgan fingerprint density at radius 3 is 1.96 bits per heavy atom. The van der Waals surface area contributed by atoms with Crippen LogP contribution in [0.25, 0.3) is 0 Å². The van der Waals surface area contributed by atoms with Gasteiger partial charge in [-0.2, -0.15) is 0 Å². The van der Waals surface area contributed by atoms with Crippen molar-refractivity contribution in [1.82, 2.24) is 5.32 Å². The molecular weight excluding hydrogens is 324 g/mol. The van der Waals surface area contributed by atoms with Gasteiger partial charge in [-0.15, -0.1) is 0 Å². The molecule has 1 aromatic carbocycles. The Morgan fingerprint density at radius 1 is 1.08 bits per heavy atom. The Kier molecular flexibility index (Phi) is 6.31. The van der Waals surface area contributed by atoms with Crippen molar-refractivity contribution in [2.75, 3.05) is 13.7 Å². The molecule has 1 rings (SSSR count). The van der Waals surface area contributed by atoms with Crippen LogP contribution in [-0.4, -0.2) is 35.7 Å². The van der Waals surface area contributed by atoms with Crippen molar-refractivity contribution >= 4 is 11.7 Å². The summed E-state index contributed by atoms with van der Waals surface area (Å²) in [7, 11) is 1.64. The molecule has 7 nitrogen and oxygen atoms in total. The standard InChI is InChI=1S/C18H28N2O5/c1-16(2,3)24-12-18(19-7,15(21)25-17(4,5)6)13-8-10-14(11-9-13)20(22)23/h8-11,19H,12H2,1-7H3/t18-/m1/s1. The lowest BCUT2D eigenvalue weighted by atomic mass is 9.90. The van der Waals surface area contributed by atoms with Gasteiger partial charge in [0.1, 0.15) is 5.60 Å². The Labute approximate surface area is 148 Å². The first-order valence-electron chi connectivity index (χ1n) is 8.12. The maximum atomic E-state index is 12.9. The molecule has 140 valence electrons. The van der Waals surface area contributed by atoms with Crippen LogP contribution in [0.15, 0.2) is 24.3 Å². The van der Waals surface area contributed by atoms with Gasteiger partial charge in [-0.1, -0.05) is 0 Å². The van der Waals surface area contributed by atoms with Crippen LogP contribution in [0, 0.1) is 10.1 Å². The molecule has 0 spiro atoms. The molecule has 0 aromatic heterocycles.